The van der Waals surface area contributed by atoms with Gasteiger partial charge in [-0.25, -0.2) is 0 Å². The summed E-state index contributed by atoms with van der Waals surface area (Å²) in [6.45, 7) is 4.50. The van der Waals surface area contributed by atoms with E-state index in [4.69, 9.17) is 4.74 Å². The summed E-state index contributed by atoms with van der Waals surface area (Å²) in [5, 5.41) is 0.980. The molecule has 0 bridgehead atoms. The van der Waals surface area contributed by atoms with Gasteiger partial charge in [0.1, 0.15) is 0 Å². The summed E-state index contributed by atoms with van der Waals surface area (Å²) in [5.74, 6) is 0.995. The molecule has 2 aliphatic rings. The highest BCUT2D eigenvalue weighted by Crippen LogP contribution is 2.27. The van der Waals surface area contributed by atoms with Gasteiger partial charge in [0, 0.05) is 25.0 Å². The molecule has 1 atom stereocenters. The summed E-state index contributed by atoms with van der Waals surface area (Å²) in [7, 11) is 0. The van der Waals surface area contributed by atoms with E-state index < -0.39 is 0 Å². The van der Waals surface area contributed by atoms with Gasteiger partial charge < -0.3 is 4.74 Å². The van der Waals surface area contributed by atoms with Crippen LogP contribution in [0.3, 0.4) is 0 Å². The monoisotopic (exact) mass is 247 g/mol. The molecule has 0 aromatic carbocycles. The quantitative estimate of drug-likeness (QED) is 0.707. The molecule has 1 aliphatic carbocycles. The Morgan fingerprint density at radius 2 is 2.23 bits per heavy atom. The summed E-state index contributed by atoms with van der Waals surface area (Å²) >= 11 is 3.48. The average molecular weight is 248 g/mol. The molecule has 2 fully saturated rings. The van der Waals surface area contributed by atoms with Crippen LogP contribution in [0.2, 0.25) is 0 Å². The van der Waals surface area contributed by atoms with Gasteiger partial charge in [0.25, 0.3) is 0 Å². The molecule has 0 aromatic heterocycles. The van der Waals surface area contributed by atoms with Crippen molar-refractivity contribution in [2.45, 2.75) is 25.4 Å². The molecular weight excluding hydrogens is 230 g/mol. The second kappa shape index (κ2) is 4.76. The van der Waals surface area contributed by atoms with Crippen molar-refractivity contribution in [3.8, 4) is 0 Å². The Morgan fingerprint density at radius 1 is 1.38 bits per heavy atom. The van der Waals surface area contributed by atoms with Gasteiger partial charge in [0.05, 0.1) is 12.7 Å². The lowest BCUT2D eigenvalue weighted by Crippen LogP contribution is -2.45. The Labute approximate surface area is 88.8 Å². The minimum Gasteiger partial charge on any atom is -0.375 e. The molecule has 1 saturated heterocycles. The minimum absolute atomic E-state index is 0.425. The molecule has 0 aromatic rings. The number of ether oxygens (including phenoxy) is 1. The van der Waals surface area contributed by atoms with Crippen LogP contribution in [0.25, 0.3) is 0 Å². The molecule has 13 heavy (non-hydrogen) atoms. The number of hydrogen-bond acceptors (Lipinski definition) is 2. The van der Waals surface area contributed by atoms with Crippen LogP contribution in [0.1, 0.15) is 19.3 Å². The van der Waals surface area contributed by atoms with Gasteiger partial charge >= 0.3 is 0 Å². The first-order valence-corrected chi connectivity index (χ1v) is 6.40. The molecule has 2 nitrogen and oxygen atoms in total. The van der Waals surface area contributed by atoms with Crippen LogP contribution in [-0.4, -0.2) is 42.6 Å². The number of morpholine rings is 1. The minimum atomic E-state index is 0.425. The number of halogens is 1. The van der Waals surface area contributed by atoms with Gasteiger partial charge in [-0.15, -0.1) is 0 Å². The summed E-state index contributed by atoms with van der Waals surface area (Å²) in [4.78, 5) is 2.57. The van der Waals surface area contributed by atoms with Crippen molar-refractivity contribution in [1.82, 2.24) is 4.90 Å². The fourth-order valence-electron chi connectivity index (χ4n) is 2.08. The first kappa shape index (κ1) is 9.94. The Hall–Kier alpha value is 0.400. The topological polar surface area (TPSA) is 12.5 Å². The lowest BCUT2D eigenvalue weighted by atomic mass is 9.85. The first-order chi connectivity index (χ1) is 6.38. The highest BCUT2D eigenvalue weighted by Gasteiger charge is 2.24. The van der Waals surface area contributed by atoms with E-state index in [0.29, 0.717) is 6.10 Å². The second-order valence-electron chi connectivity index (χ2n) is 4.20. The van der Waals surface area contributed by atoms with Crippen molar-refractivity contribution in [3.63, 3.8) is 0 Å². The number of nitrogens with zero attached hydrogens (tertiary/aromatic N) is 1. The van der Waals surface area contributed by atoms with Crippen molar-refractivity contribution in [1.29, 1.82) is 0 Å². The second-order valence-corrected chi connectivity index (χ2v) is 4.85. The van der Waals surface area contributed by atoms with Gasteiger partial charge in [0.15, 0.2) is 0 Å². The van der Waals surface area contributed by atoms with Crippen LogP contribution in [0.15, 0.2) is 0 Å². The van der Waals surface area contributed by atoms with E-state index in [9.17, 15) is 0 Å². The Morgan fingerprint density at radius 3 is 2.85 bits per heavy atom. The van der Waals surface area contributed by atoms with Crippen LogP contribution in [0.5, 0.6) is 0 Å². The van der Waals surface area contributed by atoms with E-state index >= 15 is 0 Å². The summed E-state index contributed by atoms with van der Waals surface area (Å²) in [5.41, 5.74) is 0. The molecule has 76 valence electrons. The fraction of sp³-hybridized carbons (Fsp3) is 1.00. The average Bonchev–Trinajstić information content (AvgIpc) is 2.12. The molecule has 0 amide bonds. The molecule has 0 N–H and O–H groups in total. The van der Waals surface area contributed by atoms with Crippen LogP contribution in [-0.2, 0) is 4.74 Å². The van der Waals surface area contributed by atoms with E-state index in [0.717, 1.165) is 30.9 Å². The van der Waals surface area contributed by atoms with Crippen LogP contribution in [0, 0.1) is 5.92 Å². The maximum Gasteiger partial charge on any atom is 0.0799 e. The van der Waals surface area contributed by atoms with Crippen LogP contribution >= 0.6 is 15.9 Å². The lowest BCUT2D eigenvalue weighted by Gasteiger charge is -2.37. The summed E-state index contributed by atoms with van der Waals surface area (Å²) in [6, 6.07) is 0. The zero-order chi connectivity index (χ0) is 9.10. The highest BCUT2D eigenvalue weighted by molar-refractivity contribution is 9.09. The molecule has 0 spiro atoms. The predicted octanol–water partition coefficient (Wildman–Crippen LogP) is 1.88. The van der Waals surface area contributed by atoms with E-state index in [1.807, 2.05) is 0 Å². The normalized spacial score (nSPS) is 31.6. The van der Waals surface area contributed by atoms with Crippen molar-refractivity contribution < 1.29 is 4.74 Å². The van der Waals surface area contributed by atoms with Gasteiger partial charge in [-0.1, -0.05) is 22.4 Å². The molecule has 1 heterocycles. The van der Waals surface area contributed by atoms with Crippen LogP contribution in [0.4, 0.5) is 0 Å². The van der Waals surface area contributed by atoms with E-state index in [2.05, 4.69) is 20.8 Å². The van der Waals surface area contributed by atoms with Gasteiger partial charge in [-0.3, -0.25) is 4.90 Å². The third kappa shape index (κ3) is 2.67. The molecule has 1 aliphatic heterocycles. The number of rotatable bonds is 3. The Kier molecular flexibility index (Phi) is 3.64. The number of hydrogen-bond donors (Lipinski definition) is 0. The SMILES string of the molecule is BrCC1CN(CC2CCC2)CCO1. The van der Waals surface area contributed by atoms with E-state index in [1.54, 1.807) is 0 Å². The Balaban J connectivity index is 1.71. The molecule has 0 radical (unpaired) electrons. The lowest BCUT2D eigenvalue weighted by molar-refractivity contribution is -0.0240. The molecular formula is C10H18BrNO. The zero-order valence-electron chi connectivity index (χ0n) is 8.04. The van der Waals surface area contributed by atoms with Crippen molar-refractivity contribution >= 4 is 15.9 Å². The third-order valence-corrected chi connectivity index (χ3v) is 3.86. The first-order valence-electron chi connectivity index (χ1n) is 5.28. The van der Waals surface area contributed by atoms with Gasteiger partial charge in [0.2, 0.25) is 0 Å². The largest absolute Gasteiger partial charge is 0.375 e. The van der Waals surface area contributed by atoms with Crippen molar-refractivity contribution in [3.05, 3.63) is 0 Å². The van der Waals surface area contributed by atoms with Gasteiger partial charge in [-0.2, -0.15) is 0 Å². The molecule has 1 saturated carbocycles. The summed E-state index contributed by atoms with van der Waals surface area (Å²) < 4.78 is 5.60. The number of alkyl halides is 1. The standard InChI is InChI=1S/C10H18BrNO/c11-6-10-8-12(4-5-13-10)7-9-2-1-3-9/h9-10H,1-8H2. The summed E-state index contributed by atoms with van der Waals surface area (Å²) in [6.07, 6.45) is 4.79. The maximum absolute atomic E-state index is 5.60. The predicted molar refractivity (Wildman–Crippen MR) is 57.3 cm³/mol. The van der Waals surface area contributed by atoms with E-state index in [-0.39, 0.29) is 0 Å². The fourth-order valence-corrected chi connectivity index (χ4v) is 2.47. The van der Waals surface area contributed by atoms with Gasteiger partial charge in [-0.05, 0) is 18.8 Å². The maximum atomic E-state index is 5.60. The molecule has 2 rings (SSSR count). The van der Waals surface area contributed by atoms with Crippen molar-refractivity contribution in [2.75, 3.05) is 31.6 Å². The van der Waals surface area contributed by atoms with Crippen LogP contribution < -0.4 is 0 Å². The third-order valence-electron chi connectivity index (χ3n) is 3.14. The van der Waals surface area contributed by atoms with Crippen molar-refractivity contribution in [2.24, 2.45) is 5.92 Å². The highest BCUT2D eigenvalue weighted by atomic mass is 79.9. The Bertz CT molecular complexity index is 159. The molecule has 3 heteroatoms. The smallest absolute Gasteiger partial charge is 0.0799 e. The molecule has 1 unspecified atom stereocenters. The van der Waals surface area contributed by atoms with E-state index in [1.165, 1.54) is 25.8 Å². The zero-order valence-corrected chi connectivity index (χ0v) is 9.63.